The van der Waals surface area contributed by atoms with Crippen molar-refractivity contribution in [2.75, 3.05) is 12.8 Å². The van der Waals surface area contributed by atoms with E-state index in [0.29, 0.717) is 27.8 Å². The summed E-state index contributed by atoms with van der Waals surface area (Å²) in [5, 5.41) is 12.4. The van der Waals surface area contributed by atoms with Gasteiger partial charge in [0.05, 0.1) is 18.4 Å². The monoisotopic (exact) mass is 301 g/mol. The Morgan fingerprint density at radius 2 is 2.05 bits per heavy atom. The van der Waals surface area contributed by atoms with E-state index < -0.39 is 0 Å². The van der Waals surface area contributed by atoms with Gasteiger partial charge < -0.3 is 10.5 Å². The molecule has 21 heavy (non-hydrogen) atoms. The standard InChI is InChI=1S/C14H12ClN5O/c1-21-13-6-5-10(16)8-12(13)14-17-18-19-20(14)11-4-2-3-9(15)7-11/h2-8H,16H2,1H3. The maximum Gasteiger partial charge on any atom is 0.190 e. The molecule has 0 saturated heterocycles. The average Bonchev–Trinajstić information content (AvgIpc) is 2.96. The quantitative estimate of drug-likeness (QED) is 0.752. The molecule has 0 unspecified atom stereocenters. The molecule has 0 aliphatic heterocycles. The molecule has 6 nitrogen and oxygen atoms in total. The van der Waals surface area contributed by atoms with Gasteiger partial charge in [0.25, 0.3) is 0 Å². The fourth-order valence-corrected chi connectivity index (χ4v) is 2.22. The van der Waals surface area contributed by atoms with Crippen LogP contribution in [0.4, 0.5) is 5.69 Å². The van der Waals surface area contributed by atoms with Crippen molar-refractivity contribution in [1.29, 1.82) is 0 Å². The van der Waals surface area contributed by atoms with Gasteiger partial charge in [-0.25, -0.2) is 0 Å². The predicted octanol–water partition coefficient (Wildman–Crippen LogP) is 2.57. The number of nitrogen functional groups attached to an aromatic ring is 1. The number of anilines is 1. The highest BCUT2D eigenvalue weighted by Gasteiger charge is 2.15. The molecule has 0 fully saturated rings. The lowest BCUT2D eigenvalue weighted by molar-refractivity contribution is 0.416. The third-order valence-corrected chi connectivity index (χ3v) is 3.22. The van der Waals surface area contributed by atoms with Crippen LogP contribution in [0.1, 0.15) is 0 Å². The number of halogens is 1. The molecular formula is C14H12ClN5O. The molecule has 0 bridgehead atoms. The van der Waals surface area contributed by atoms with Crippen molar-refractivity contribution >= 4 is 17.3 Å². The minimum atomic E-state index is 0.529. The van der Waals surface area contributed by atoms with E-state index in [9.17, 15) is 0 Å². The molecule has 0 aliphatic carbocycles. The first-order valence-corrected chi connectivity index (χ1v) is 6.55. The molecule has 0 atom stereocenters. The van der Waals surface area contributed by atoms with E-state index >= 15 is 0 Å². The summed E-state index contributed by atoms with van der Waals surface area (Å²) in [6.07, 6.45) is 0. The normalized spacial score (nSPS) is 10.6. The van der Waals surface area contributed by atoms with Crippen LogP contribution in [-0.4, -0.2) is 27.3 Å². The molecule has 0 saturated carbocycles. The minimum Gasteiger partial charge on any atom is -0.496 e. The number of nitrogens with zero attached hydrogens (tertiary/aromatic N) is 4. The van der Waals surface area contributed by atoms with Gasteiger partial charge in [-0.3, -0.25) is 0 Å². The van der Waals surface area contributed by atoms with Crippen LogP contribution in [0.15, 0.2) is 42.5 Å². The van der Waals surface area contributed by atoms with Gasteiger partial charge in [0, 0.05) is 10.7 Å². The molecule has 3 aromatic rings. The molecule has 1 aromatic heterocycles. The number of benzene rings is 2. The Hall–Kier alpha value is -2.60. The highest BCUT2D eigenvalue weighted by Crippen LogP contribution is 2.31. The zero-order chi connectivity index (χ0) is 14.8. The van der Waals surface area contributed by atoms with Crippen LogP contribution in [0.25, 0.3) is 17.1 Å². The highest BCUT2D eigenvalue weighted by molar-refractivity contribution is 6.30. The van der Waals surface area contributed by atoms with Gasteiger partial charge in [0.15, 0.2) is 5.82 Å². The maximum absolute atomic E-state index is 6.02. The van der Waals surface area contributed by atoms with Crippen molar-refractivity contribution < 1.29 is 4.74 Å². The molecule has 106 valence electrons. The predicted molar refractivity (Wildman–Crippen MR) is 80.6 cm³/mol. The number of hydrogen-bond donors (Lipinski definition) is 1. The van der Waals surface area contributed by atoms with Crippen LogP contribution in [0.5, 0.6) is 5.75 Å². The molecule has 0 amide bonds. The van der Waals surface area contributed by atoms with Gasteiger partial charge in [-0.15, -0.1) is 5.10 Å². The van der Waals surface area contributed by atoms with Crippen molar-refractivity contribution in [3.8, 4) is 22.8 Å². The maximum atomic E-state index is 6.02. The van der Waals surface area contributed by atoms with Crippen molar-refractivity contribution in [1.82, 2.24) is 20.2 Å². The number of aromatic nitrogens is 4. The summed E-state index contributed by atoms with van der Waals surface area (Å²) in [6, 6.07) is 12.6. The summed E-state index contributed by atoms with van der Waals surface area (Å²) in [6.45, 7) is 0. The summed E-state index contributed by atoms with van der Waals surface area (Å²) in [5.74, 6) is 1.17. The second-order valence-electron chi connectivity index (χ2n) is 4.35. The molecular weight excluding hydrogens is 290 g/mol. The average molecular weight is 302 g/mol. The molecule has 0 aliphatic rings. The van der Waals surface area contributed by atoms with E-state index in [1.807, 2.05) is 12.1 Å². The molecule has 7 heteroatoms. The number of hydrogen-bond acceptors (Lipinski definition) is 5. The summed E-state index contributed by atoms with van der Waals surface area (Å²) in [4.78, 5) is 0. The third-order valence-electron chi connectivity index (χ3n) is 2.99. The lowest BCUT2D eigenvalue weighted by Gasteiger charge is -2.09. The molecule has 3 rings (SSSR count). The topological polar surface area (TPSA) is 78.8 Å². The smallest absolute Gasteiger partial charge is 0.190 e. The Morgan fingerprint density at radius 3 is 2.81 bits per heavy atom. The van der Waals surface area contributed by atoms with Gasteiger partial charge in [-0.05, 0) is 46.8 Å². The number of rotatable bonds is 3. The summed E-state index contributed by atoms with van der Waals surface area (Å²) < 4.78 is 6.93. The largest absolute Gasteiger partial charge is 0.496 e. The second kappa shape index (κ2) is 5.41. The number of tetrazole rings is 1. The van der Waals surface area contributed by atoms with Gasteiger partial charge >= 0.3 is 0 Å². The molecule has 0 radical (unpaired) electrons. The summed E-state index contributed by atoms with van der Waals surface area (Å²) >= 11 is 6.02. The van der Waals surface area contributed by atoms with Crippen molar-refractivity contribution in [3.63, 3.8) is 0 Å². The van der Waals surface area contributed by atoms with Crippen LogP contribution in [0, 0.1) is 0 Å². The summed E-state index contributed by atoms with van der Waals surface area (Å²) in [7, 11) is 1.59. The number of ether oxygens (including phenoxy) is 1. The van der Waals surface area contributed by atoms with Crippen molar-refractivity contribution in [2.45, 2.75) is 0 Å². The zero-order valence-electron chi connectivity index (χ0n) is 11.2. The van der Waals surface area contributed by atoms with E-state index in [-0.39, 0.29) is 0 Å². The lowest BCUT2D eigenvalue weighted by Crippen LogP contribution is -2.01. The van der Waals surface area contributed by atoms with Crippen LogP contribution >= 0.6 is 11.6 Å². The second-order valence-corrected chi connectivity index (χ2v) is 4.79. The van der Waals surface area contributed by atoms with Crippen molar-refractivity contribution in [2.24, 2.45) is 0 Å². The van der Waals surface area contributed by atoms with E-state index in [1.165, 1.54) is 0 Å². The summed E-state index contributed by atoms with van der Waals surface area (Å²) in [5.41, 5.74) is 7.92. The Kier molecular flexibility index (Phi) is 3.45. The first-order valence-electron chi connectivity index (χ1n) is 6.17. The minimum absolute atomic E-state index is 0.529. The van der Waals surface area contributed by atoms with E-state index in [0.717, 1.165) is 5.69 Å². The first-order chi connectivity index (χ1) is 10.2. The Bertz CT molecular complexity index is 787. The number of nitrogens with two attached hydrogens (primary N) is 1. The molecule has 1 heterocycles. The van der Waals surface area contributed by atoms with Gasteiger partial charge in [-0.2, -0.15) is 4.68 Å². The first kappa shape index (κ1) is 13.4. The van der Waals surface area contributed by atoms with E-state index in [1.54, 1.807) is 42.1 Å². The van der Waals surface area contributed by atoms with Crippen LogP contribution < -0.4 is 10.5 Å². The SMILES string of the molecule is COc1ccc(N)cc1-c1nnnn1-c1cccc(Cl)c1. The Balaban J connectivity index is 2.18. The Labute approximate surface area is 126 Å². The lowest BCUT2D eigenvalue weighted by atomic mass is 10.1. The fourth-order valence-electron chi connectivity index (χ4n) is 2.04. The van der Waals surface area contributed by atoms with E-state index in [4.69, 9.17) is 22.1 Å². The van der Waals surface area contributed by atoms with Crippen LogP contribution in [0.3, 0.4) is 0 Å². The van der Waals surface area contributed by atoms with Crippen LogP contribution in [0.2, 0.25) is 5.02 Å². The fraction of sp³-hybridized carbons (Fsp3) is 0.0714. The molecule has 2 aromatic carbocycles. The third kappa shape index (κ3) is 2.53. The van der Waals surface area contributed by atoms with E-state index in [2.05, 4.69) is 15.5 Å². The van der Waals surface area contributed by atoms with Crippen LogP contribution in [-0.2, 0) is 0 Å². The Morgan fingerprint density at radius 1 is 1.19 bits per heavy atom. The zero-order valence-corrected chi connectivity index (χ0v) is 11.9. The molecule has 0 spiro atoms. The van der Waals surface area contributed by atoms with Gasteiger partial charge in [0.1, 0.15) is 5.75 Å². The van der Waals surface area contributed by atoms with Gasteiger partial charge in [-0.1, -0.05) is 17.7 Å². The van der Waals surface area contributed by atoms with Crippen molar-refractivity contribution in [3.05, 3.63) is 47.5 Å². The van der Waals surface area contributed by atoms with Gasteiger partial charge in [0.2, 0.25) is 0 Å². The molecule has 2 N–H and O–H groups in total. The highest BCUT2D eigenvalue weighted by atomic mass is 35.5. The number of methoxy groups -OCH3 is 1.